The van der Waals surface area contributed by atoms with Crippen molar-refractivity contribution in [3.63, 3.8) is 0 Å². The van der Waals surface area contributed by atoms with Crippen LogP contribution in [-0.4, -0.2) is 75.6 Å². The average molecular weight is 491 g/mol. The van der Waals surface area contributed by atoms with Crippen LogP contribution < -0.4 is 10.2 Å². The van der Waals surface area contributed by atoms with Crippen molar-refractivity contribution in [2.45, 2.75) is 25.7 Å². The van der Waals surface area contributed by atoms with Gasteiger partial charge in [-0.05, 0) is 36.8 Å². The van der Waals surface area contributed by atoms with Gasteiger partial charge in [0.2, 0.25) is 10.0 Å². The van der Waals surface area contributed by atoms with Crippen LogP contribution in [0.1, 0.15) is 29.8 Å². The number of pyridine rings is 1. The number of aromatic nitrogens is 1. The lowest BCUT2D eigenvalue weighted by atomic mass is 10.2. The Labute approximate surface area is 199 Å². The Kier molecular flexibility index (Phi) is 8.59. The molecule has 0 bridgehead atoms. The van der Waals surface area contributed by atoms with Crippen molar-refractivity contribution in [3.05, 3.63) is 47.7 Å². The second kappa shape index (κ2) is 11.4. The number of hydrogen-bond donors (Lipinski definition) is 1. The molecule has 1 N–H and O–H groups in total. The fourth-order valence-corrected chi connectivity index (χ4v) is 5.27. The van der Waals surface area contributed by atoms with Crippen LogP contribution in [0.2, 0.25) is 0 Å². The standard InChI is InChI=1S/C23H30N4O6S/c1-4-27(5-2)34(30,31)20-14-19(8-6-17(20)3)25-22(28)16-33-23(29)18-7-9-21(24-15-18)26-10-12-32-13-11-26/h6-9,14-15H,4-5,10-13,16H2,1-3H3,(H,25,28). The largest absolute Gasteiger partial charge is 0.452 e. The first kappa shape index (κ1) is 25.6. The Balaban J connectivity index is 1.59. The number of aryl methyl sites for hydroxylation is 1. The lowest BCUT2D eigenvalue weighted by Crippen LogP contribution is -2.36. The van der Waals surface area contributed by atoms with Crippen LogP contribution >= 0.6 is 0 Å². The highest BCUT2D eigenvalue weighted by Gasteiger charge is 2.24. The summed E-state index contributed by atoms with van der Waals surface area (Å²) in [6.07, 6.45) is 1.41. The predicted octanol–water partition coefficient (Wildman–Crippen LogP) is 2.05. The van der Waals surface area contributed by atoms with Gasteiger partial charge in [-0.1, -0.05) is 19.9 Å². The number of sulfonamides is 1. The molecule has 1 aromatic heterocycles. The first-order valence-corrected chi connectivity index (χ1v) is 12.6. The normalized spacial score (nSPS) is 14.2. The van der Waals surface area contributed by atoms with Gasteiger partial charge in [-0.15, -0.1) is 0 Å². The second-order valence-corrected chi connectivity index (χ2v) is 9.60. The zero-order valence-electron chi connectivity index (χ0n) is 19.6. The first-order chi connectivity index (χ1) is 16.3. The third-order valence-corrected chi connectivity index (χ3v) is 7.64. The van der Waals surface area contributed by atoms with Crippen molar-refractivity contribution >= 4 is 33.4 Å². The molecule has 0 atom stereocenters. The maximum Gasteiger partial charge on any atom is 0.340 e. The zero-order valence-corrected chi connectivity index (χ0v) is 20.4. The molecule has 1 aromatic carbocycles. The van der Waals surface area contributed by atoms with E-state index in [1.165, 1.54) is 16.6 Å². The molecule has 2 heterocycles. The van der Waals surface area contributed by atoms with Gasteiger partial charge in [0.05, 0.1) is 23.7 Å². The van der Waals surface area contributed by atoms with Crippen molar-refractivity contribution in [3.8, 4) is 0 Å². The summed E-state index contributed by atoms with van der Waals surface area (Å²) in [6.45, 7) is 8.11. The molecule has 2 aromatic rings. The summed E-state index contributed by atoms with van der Waals surface area (Å²) >= 11 is 0. The van der Waals surface area contributed by atoms with E-state index in [1.54, 1.807) is 45.0 Å². The zero-order chi connectivity index (χ0) is 24.7. The number of hydrogen-bond acceptors (Lipinski definition) is 8. The predicted molar refractivity (Wildman–Crippen MR) is 127 cm³/mol. The summed E-state index contributed by atoms with van der Waals surface area (Å²) in [6, 6.07) is 7.97. The molecule has 1 saturated heterocycles. The lowest BCUT2D eigenvalue weighted by molar-refractivity contribution is -0.119. The van der Waals surface area contributed by atoms with E-state index in [-0.39, 0.29) is 10.5 Å². The maximum absolute atomic E-state index is 12.9. The molecule has 1 amide bonds. The van der Waals surface area contributed by atoms with Gasteiger partial charge in [0.15, 0.2) is 6.61 Å². The monoisotopic (exact) mass is 490 g/mol. The quantitative estimate of drug-likeness (QED) is 0.531. The summed E-state index contributed by atoms with van der Waals surface area (Å²) < 4.78 is 37.5. The number of ether oxygens (including phenoxy) is 2. The van der Waals surface area contributed by atoms with E-state index in [2.05, 4.69) is 15.2 Å². The summed E-state index contributed by atoms with van der Waals surface area (Å²) in [5, 5.41) is 2.58. The fraction of sp³-hybridized carbons (Fsp3) is 0.435. The summed E-state index contributed by atoms with van der Waals surface area (Å²) in [4.78, 5) is 31.1. The minimum Gasteiger partial charge on any atom is -0.452 e. The molecule has 10 nitrogen and oxygen atoms in total. The van der Waals surface area contributed by atoms with Crippen molar-refractivity contribution < 1.29 is 27.5 Å². The van der Waals surface area contributed by atoms with Crippen LogP contribution in [0, 0.1) is 6.92 Å². The number of amides is 1. The molecular weight excluding hydrogens is 460 g/mol. The first-order valence-electron chi connectivity index (χ1n) is 11.1. The molecule has 0 unspecified atom stereocenters. The smallest absolute Gasteiger partial charge is 0.340 e. The van der Waals surface area contributed by atoms with Gasteiger partial charge in [0.25, 0.3) is 5.91 Å². The molecular formula is C23H30N4O6S. The SMILES string of the molecule is CCN(CC)S(=O)(=O)c1cc(NC(=O)COC(=O)c2ccc(N3CCOCC3)nc2)ccc1C. The second-order valence-electron chi connectivity index (χ2n) is 7.70. The number of esters is 1. The van der Waals surface area contributed by atoms with E-state index in [4.69, 9.17) is 9.47 Å². The molecule has 1 aliphatic heterocycles. The summed E-state index contributed by atoms with van der Waals surface area (Å²) in [7, 11) is -3.68. The Bertz CT molecular complexity index is 1110. The van der Waals surface area contributed by atoms with Crippen LogP contribution in [0.3, 0.4) is 0 Å². The van der Waals surface area contributed by atoms with Gasteiger partial charge in [-0.25, -0.2) is 18.2 Å². The number of anilines is 2. The Morgan fingerprint density at radius 3 is 2.47 bits per heavy atom. The maximum atomic E-state index is 12.9. The fourth-order valence-electron chi connectivity index (χ4n) is 3.56. The van der Waals surface area contributed by atoms with E-state index in [0.717, 1.165) is 18.9 Å². The number of carbonyl (C=O) groups excluding carboxylic acids is 2. The van der Waals surface area contributed by atoms with E-state index >= 15 is 0 Å². The number of carbonyl (C=O) groups is 2. The van der Waals surface area contributed by atoms with Crippen LogP contribution in [0.4, 0.5) is 11.5 Å². The van der Waals surface area contributed by atoms with E-state index < -0.39 is 28.5 Å². The number of morpholine rings is 1. The number of nitrogens with zero attached hydrogens (tertiary/aromatic N) is 3. The minimum absolute atomic E-state index is 0.123. The molecule has 0 radical (unpaired) electrons. The summed E-state index contributed by atoms with van der Waals surface area (Å²) in [5.74, 6) is -0.515. The van der Waals surface area contributed by atoms with Crippen LogP contribution in [0.25, 0.3) is 0 Å². The third kappa shape index (κ3) is 6.10. The molecule has 34 heavy (non-hydrogen) atoms. The molecule has 0 aliphatic carbocycles. The van der Waals surface area contributed by atoms with Crippen LogP contribution in [0.15, 0.2) is 41.4 Å². The van der Waals surface area contributed by atoms with Crippen molar-refractivity contribution in [1.82, 2.24) is 9.29 Å². The van der Waals surface area contributed by atoms with Gasteiger partial charge in [-0.3, -0.25) is 4.79 Å². The van der Waals surface area contributed by atoms with Gasteiger partial charge < -0.3 is 19.7 Å². The van der Waals surface area contributed by atoms with Crippen molar-refractivity contribution in [2.24, 2.45) is 0 Å². The number of benzene rings is 1. The van der Waals surface area contributed by atoms with E-state index in [0.29, 0.717) is 37.6 Å². The molecule has 0 saturated carbocycles. The third-order valence-electron chi connectivity index (χ3n) is 5.45. The Hall–Kier alpha value is -3.02. The van der Waals surface area contributed by atoms with Gasteiger partial charge in [-0.2, -0.15) is 4.31 Å². The van der Waals surface area contributed by atoms with Crippen LogP contribution in [-0.2, 0) is 24.3 Å². The molecule has 1 fully saturated rings. The number of rotatable bonds is 9. The molecule has 11 heteroatoms. The van der Waals surface area contributed by atoms with Gasteiger partial charge >= 0.3 is 5.97 Å². The molecule has 3 rings (SSSR count). The average Bonchev–Trinajstić information content (AvgIpc) is 2.85. The highest BCUT2D eigenvalue weighted by Crippen LogP contribution is 2.23. The molecule has 184 valence electrons. The highest BCUT2D eigenvalue weighted by atomic mass is 32.2. The minimum atomic E-state index is -3.68. The Morgan fingerprint density at radius 2 is 1.85 bits per heavy atom. The van der Waals surface area contributed by atoms with Gasteiger partial charge in [0.1, 0.15) is 5.82 Å². The lowest BCUT2D eigenvalue weighted by Gasteiger charge is -2.27. The van der Waals surface area contributed by atoms with E-state index in [1.807, 2.05) is 0 Å². The highest BCUT2D eigenvalue weighted by molar-refractivity contribution is 7.89. The van der Waals surface area contributed by atoms with Crippen molar-refractivity contribution in [2.75, 3.05) is 56.2 Å². The molecule has 1 aliphatic rings. The van der Waals surface area contributed by atoms with Gasteiger partial charge in [0, 0.05) is 38.1 Å². The van der Waals surface area contributed by atoms with E-state index in [9.17, 15) is 18.0 Å². The number of nitrogens with one attached hydrogen (secondary N) is 1. The Morgan fingerprint density at radius 1 is 1.15 bits per heavy atom. The summed E-state index contributed by atoms with van der Waals surface area (Å²) in [5.41, 5.74) is 1.10. The molecule has 0 spiro atoms. The van der Waals surface area contributed by atoms with Crippen molar-refractivity contribution in [1.29, 1.82) is 0 Å². The topological polar surface area (TPSA) is 118 Å². The van der Waals surface area contributed by atoms with Crippen LogP contribution in [0.5, 0.6) is 0 Å².